The fourth-order valence-corrected chi connectivity index (χ4v) is 4.66. The third-order valence-electron chi connectivity index (χ3n) is 6.85. The number of benzene rings is 2. The minimum Gasteiger partial charge on any atom is -0.493 e. The van der Waals surface area contributed by atoms with Crippen molar-refractivity contribution in [1.29, 1.82) is 0 Å². The van der Waals surface area contributed by atoms with E-state index < -0.39 is 5.82 Å². The Kier molecular flexibility index (Phi) is 9.40. The van der Waals surface area contributed by atoms with Gasteiger partial charge in [-0.1, -0.05) is 6.07 Å². The number of nitrogens with one attached hydrogen (secondary N) is 2. The number of halogens is 1. The molecule has 2 N–H and O–H groups in total. The maximum absolute atomic E-state index is 14.8. The Balaban J connectivity index is 1.32. The van der Waals surface area contributed by atoms with Gasteiger partial charge in [0.05, 0.1) is 13.4 Å². The van der Waals surface area contributed by atoms with Crippen molar-refractivity contribution in [3.8, 4) is 28.8 Å². The Hall–Kier alpha value is -4.77. The summed E-state index contributed by atoms with van der Waals surface area (Å²) in [5, 5.41) is 5.77. The summed E-state index contributed by atoms with van der Waals surface area (Å²) in [5.41, 5.74) is 1.54. The van der Waals surface area contributed by atoms with Crippen LogP contribution in [0.4, 0.5) is 4.39 Å². The summed E-state index contributed by atoms with van der Waals surface area (Å²) >= 11 is 0. The number of amides is 2. The van der Waals surface area contributed by atoms with Gasteiger partial charge < -0.3 is 24.5 Å². The van der Waals surface area contributed by atoms with Crippen molar-refractivity contribution in [1.82, 2.24) is 25.5 Å². The minimum atomic E-state index is -0.500. The van der Waals surface area contributed by atoms with E-state index in [4.69, 9.17) is 13.9 Å². The minimum absolute atomic E-state index is 0.0350. The lowest BCUT2D eigenvalue weighted by molar-refractivity contribution is -0.121. The van der Waals surface area contributed by atoms with Gasteiger partial charge in [0, 0.05) is 61.7 Å². The van der Waals surface area contributed by atoms with Gasteiger partial charge in [-0.25, -0.2) is 14.4 Å². The molecule has 2 aliphatic heterocycles. The summed E-state index contributed by atoms with van der Waals surface area (Å²) in [6, 6.07) is 12.9. The van der Waals surface area contributed by atoms with Gasteiger partial charge in [-0.3, -0.25) is 14.5 Å². The molecule has 0 radical (unpaired) electrons. The van der Waals surface area contributed by atoms with Crippen LogP contribution in [-0.4, -0.2) is 53.4 Å². The summed E-state index contributed by atoms with van der Waals surface area (Å²) < 4.78 is 31.6. The van der Waals surface area contributed by atoms with E-state index in [1.165, 1.54) is 19.2 Å². The number of hydrogen-bond acceptors (Lipinski definition) is 8. The predicted octanol–water partition coefficient (Wildman–Crippen LogP) is 4.71. The van der Waals surface area contributed by atoms with Crippen molar-refractivity contribution in [2.24, 2.45) is 0 Å². The summed E-state index contributed by atoms with van der Waals surface area (Å²) in [7, 11) is 1.47. The molecule has 0 aliphatic carbocycles. The number of carbonyl (C=O) groups is 2. The standard InChI is InChI=1S/C31H32FN5O5/c1-40-28-16-22-10-11-26(28)42-25-7-2-6-24(32)23(25)19-34-29(38)9-3-13-37(14-5-12-33-31(22)39)20-21-17-35-30(36-18-21)27-8-4-15-41-27/h2,4,6-8,10-11,15-18H,3,5,9,12-14,19-20H2,1H3,(H,33,39)(H,34,38). The molecule has 4 aromatic rings. The average molecular weight is 574 g/mol. The van der Waals surface area contributed by atoms with Crippen LogP contribution in [0.25, 0.3) is 11.6 Å². The van der Waals surface area contributed by atoms with Gasteiger partial charge >= 0.3 is 0 Å². The van der Waals surface area contributed by atoms with Crippen LogP contribution in [0.15, 0.2) is 71.6 Å². The second-order valence-corrected chi connectivity index (χ2v) is 9.84. The first-order valence-electron chi connectivity index (χ1n) is 13.8. The fraction of sp³-hybridized carbons (Fsp3) is 0.290. The van der Waals surface area contributed by atoms with Crippen LogP contribution in [-0.2, 0) is 17.9 Å². The molecule has 10 nitrogen and oxygen atoms in total. The number of ether oxygens (including phenoxy) is 2. The van der Waals surface area contributed by atoms with E-state index in [9.17, 15) is 14.0 Å². The molecule has 218 valence electrons. The van der Waals surface area contributed by atoms with E-state index in [1.54, 1.807) is 55.1 Å². The smallest absolute Gasteiger partial charge is 0.251 e. The van der Waals surface area contributed by atoms with Gasteiger partial charge in [-0.15, -0.1) is 0 Å². The Morgan fingerprint density at radius 3 is 2.62 bits per heavy atom. The number of aromatic nitrogens is 2. The Labute approximate surface area is 242 Å². The van der Waals surface area contributed by atoms with Gasteiger partial charge in [-0.2, -0.15) is 0 Å². The molecule has 0 atom stereocenters. The zero-order valence-corrected chi connectivity index (χ0v) is 23.3. The SMILES string of the molecule is COc1cc2ccc1Oc1cccc(F)c1CNC(=O)CCCN(Cc1cnc(-c3ccco3)nc1)CCCNC2=O. The summed E-state index contributed by atoms with van der Waals surface area (Å²) in [4.78, 5) is 36.6. The first kappa shape index (κ1) is 28.7. The molecule has 2 bridgehead atoms. The van der Waals surface area contributed by atoms with Crippen LogP contribution in [0.3, 0.4) is 0 Å². The van der Waals surface area contributed by atoms with E-state index in [1.807, 2.05) is 0 Å². The molecule has 42 heavy (non-hydrogen) atoms. The fourth-order valence-electron chi connectivity index (χ4n) is 4.66. The predicted molar refractivity (Wildman–Crippen MR) is 153 cm³/mol. The normalized spacial score (nSPS) is 15.4. The molecule has 0 spiro atoms. The largest absolute Gasteiger partial charge is 0.493 e. The summed E-state index contributed by atoms with van der Waals surface area (Å²) in [5.74, 6) is 1.06. The van der Waals surface area contributed by atoms with Gasteiger partial charge in [0.15, 0.2) is 23.1 Å². The molecule has 0 unspecified atom stereocenters. The van der Waals surface area contributed by atoms with Crippen molar-refractivity contribution in [3.63, 3.8) is 0 Å². The third kappa shape index (κ3) is 7.29. The molecule has 0 saturated carbocycles. The van der Waals surface area contributed by atoms with Crippen LogP contribution in [0.5, 0.6) is 17.2 Å². The zero-order chi connectivity index (χ0) is 29.3. The van der Waals surface area contributed by atoms with Crippen LogP contribution in [0.2, 0.25) is 0 Å². The second kappa shape index (κ2) is 13.7. The summed E-state index contributed by atoms with van der Waals surface area (Å²) in [6.07, 6.45) is 6.64. The lowest BCUT2D eigenvalue weighted by Gasteiger charge is -2.22. The number of carbonyl (C=O) groups excluding carboxylic acids is 2. The highest BCUT2D eigenvalue weighted by atomic mass is 19.1. The van der Waals surface area contributed by atoms with Crippen molar-refractivity contribution in [2.75, 3.05) is 26.7 Å². The summed E-state index contributed by atoms with van der Waals surface area (Å²) in [6.45, 7) is 2.30. The monoisotopic (exact) mass is 573 g/mol. The van der Waals surface area contributed by atoms with Gasteiger partial charge in [0.25, 0.3) is 5.91 Å². The highest BCUT2D eigenvalue weighted by Crippen LogP contribution is 2.34. The first-order valence-corrected chi connectivity index (χ1v) is 13.8. The van der Waals surface area contributed by atoms with E-state index in [-0.39, 0.29) is 36.1 Å². The molecule has 6 rings (SSSR count). The van der Waals surface area contributed by atoms with Crippen molar-refractivity contribution >= 4 is 11.8 Å². The van der Waals surface area contributed by atoms with Crippen LogP contribution in [0, 0.1) is 5.82 Å². The lowest BCUT2D eigenvalue weighted by Crippen LogP contribution is -2.31. The average Bonchev–Trinajstić information content (AvgIpc) is 3.54. The van der Waals surface area contributed by atoms with E-state index >= 15 is 0 Å². The number of methoxy groups -OCH3 is 1. The molecule has 2 aromatic carbocycles. The van der Waals surface area contributed by atoms with Crippen LogP contribution >= 0.6 is 0 Å². The van der Waals surface area contributed by atoms with Crippen LogP contribution < -0.4 is 20.1 Å². The quantitative estimate of drug-likeness (QED) is 0.361. The number of nitrogens with zero attached hydrogens (tertiary/aromatic N) is 3. The van der Waals surface area contributed by atoms with Crippen molar-refractivity contribution in [3.05, 3.63) is 89.7 Å². The number of rotatable bonds is 4. The molecule has 0 fully saturated rings. The molecule has 2 amide bonds. The third-order valence-corrected chi connectivity index (χ3v) is 6.85. The van der Waals surface area contributed by atoms with Crippen molar-refractivity contribution < 1.29 is 27.9 Å². The topological polar surface area (TPSA) is 119 Å². The van der Waals surface area contributed by atoms with Crippen molar-refractivity contribution in [2.45, 2.75) is 32.4 Å². The van der Waals surface area contributed by atoms with E-state index in [2.05, 4.69) is 25.5 Å². The maximum atomic E-state index is 14.8. The zero-order valence-electron chi connectivity index (χ0n) is 23.3. The molecular weight excluding hydrogens is 541 g/mol. The second-order valence-electron chi connectivity index (χ2n) is 9.84. The highest BCUT2D eigenvalue weighted by Gasteiger charge is 2.17. The molecule has 2 aromatic heterocycles. The Bertz CT molecular complexity index is 1510. The first-order chi connectivity index (χ1) is 20.5. The van der Waals surface area contributed by atoms with Crippen LogP contribution in [0.1, 0.15) is 40.7 Å². The molecule has 2 aliphatic rings. The van der Waals surface area contributed by atoms with E-state index in [0.29, 0.717) is 67.7 Å². The van der Waals surface area contributed by atoms with E-state index in [0.717, 1.165) is 5.56 Å². The highest BCUT2D eigenvalue weighted by molar-refractivity contribution is 5.94. The Morgan fingerprint density at radius 2 is 1.83 bits per heavy atom. The number of fused-ring (bicyclic) bond motifs is 13. The Morgan fingerprint density at radius 1 is 1.00 bits per heavy atom. The van der Waals surface area contributed by atoms with Gasteiger partial charge in [0.1, 0.15) is 11.6 Å². The molecule has 4 heterocycles. The molecular formula is C31H32FN5O5. The van der Waals surface area contributed by atoms with Gasteiger partial charge in [0.2, 0.25) is 5.91 Å². The molecule has 11 heteroatoms. The van der Waals surface area contributed by atoms with Gasteiger partial charge in [-0.05, 0) is 61.9 Å². The number of hydrogen-bond donors (Lipinski definition) is 2. The lowest BCUT2D eigenvalue weighted by atomic mass is 10.1. The molecule has 0 saturated heterocycles. The number of furan rings is 1. The maximum Gasteiger partial charge on any atom is 0.251 e.